The molecule has 1 amide bonds. The second-order valence-electron chi connectivity index (χ2n) is 5.43. The molecule has 1 aromatic heterocycles. The summed E-state index contributed by atoms with van der Waals surface area (Å²) in [6, 6.07) is 14.7. The smallest absolute Gasteiger partial charge is 0.253 e. The van der Waals surface area contributed by atoms with Crippen LogP contribution in [-0.4, -0.2) is 15.9 Å². The summed E-state index contributed by atoms with van der Waals surface area (Å²) >= 11 is 6.11. The lowest BCUT2D eigenvalue weighted by atomic mass is 10.1. The van der Waals surface area contributed by atoms with Gasteiger partial charge < -0.3 is 10.3 Å². The number of H-pyrrole nitrogens is 1. The van der Waals surface area contributed by atoms with Crippen molar-refractivity contribution in [3.8, 4) is 0 Å². The molecular weight excluding hydrogens is 310 g/mol. The van der Waals surface area contributed by atoms with Crippen molar-refractivity contribution in [3.63, 3.8) is 0 Å². The van der Waals surface area contributed by atoms with Crippen LogP contribution >= 0.6 is 11.6 Å². The third-order valence-electron chi connectivity index (χ3n) is 3.74. The molecule has 5 heteroatoms. The molecule has 1 unspecified atom stereocenters. The fourth-order valence-corrected chi connectivity index (χ4v) is 2.81. The van der Waals surface area contributed by atoms with E-state index in [1.54, 1.807) is 18.2 Å². The highest BCUT2D eigenvalue weighted by molar-refractivity contribution is 6.33. The molecule has 0 radical (unpaired) electrons. The van der Waals surface area contributed by atoms with Gasteiger partial charge in [0, 0.05) is 0 Å². The molecule has 118 valence electrons. The monoisotopic (exact) mass is 327 g/mol. The number of hydrogen-bond donors (Lipinski definition) is 2. The second-order valence-corrected chi connectivity index (χ2v) is 5.84. The van der Waals surface area contributed by atoms with Gasteiger partial charge in [0.15, 0.2) is 0 Å². The van der Waals surface area contributed by atoms with Crippen molar-refractivity contribution in [1.82, 2.24) is 15.3 Å². The Kier molecular flexibility index (Phi) is 4.63. The number of imidazole rings is 1. The molecule has 0 aliphatic rings. The molecule has 1 atom stereocenters. The Morgan fingerprint density at radius 2 is 1.96 bits per heavy atom. The van der Waals surface area contributed by atoms with E-state index in [2.05, 4.69) is 22.2 Å². The molecule has 3 aromatic rings. The van der Waals surface area contributed by atoms with Gasteiger partial charge in [-0.3, -0.25) is 4.79 Å². The fraction of sp³-hybridized carbons (Fsp3) is 0.222. The highest BCUT2D eigenvalue weighted by Crippen LogP contribution is 2.21. The number of nitrogens with one attached hydrogen (secondary N) is 2. The minimum Gasteiger partial charge on any atom is -0.342 e. The maximum absolute atomic E-state index is 12.5. The molecule has 2 aromatic carbocycles. The predicted molar refractivity (Wildman–Crippen MR) is 92.7 cm³/mol. The first-order chi connectivity index (χ1) is 11.2. The molecular formula is C18H18ClN3O. The van der Waals surface area contributed by atoms with Crippen LogP contribution in [0.4, 0.5) is 0 Å². The first-order valence-electron chi connectivity index (χ1n) is 7.69. The van der Waals surface area contributed by atoms with Gasteiger partial charge in [-0.25, -0.2) is 4.98 Å². The molecule has 0 aliphatic heterocycles. The minimum atomic E-state index is -0.186. The number of carbonyl (C=O) groups excluding carboxylic acids is 1. The lowest BCUT2D eigenvalue weighted by Crippen LogP contribution is -2.29. The summed E-state index contributed by atoms with van der Waals surface area (Å²) in [6.45, 7) is 2.08. The summed E-state index contributed by atoms with van der Waals surface area (Å²) in [5.74, 6) is 0.586. The third kappa shape index (κ3) is 3.37. The first kappa shape index (κ1) is 15.6. The molecule has 1 heterocycles. The van der Waals surface area contributed by atoms with Crippen LogP contribution in [0.3, 0.4) is 0 Å². The summed E-state index contributed by atoms with van der Waals surface area (Å²) in [7, 11) is 0. The van der Waals surface area contributed by atoms with Gasteiger partial charge in [0.1, 0.15) is 5.82 Å². The van der Waals surface area contributed by atoms with Crippen molar-refractivity contribution < 1.29 is 4.79 Å². The molecule has 0 saturated carbocycles. The van der Waals surface area contributed by atoms with Crippen LogP contribution in [0, 0.1) is 0 Å². The van der Waals surface area contributed by atoms with Crippen LogP contribution in [0.2, 0.25) is 5.02 Å². The van der Waals surface area contributed by atoms with Crippen LogP contribution in [0.25, 0.3) is 11.0 Å². The second kappa shape index (κ2) is 6.84. The van der Waals surface area contributed by atoms with Crippen molar-refractivity contribution in [2.75, 3.05) is 0 Å². The van der Waals surface area contributed by atoms with Gasteiger partial charge in [-0.05, 0) is 30.7 Å². The summed E-state index contributed by atoms with van der Waals surface area (Å²) in [4.78, 5) is 20.4. The summed E-state index contributed by atoms with van der Waals surface area (Å²) < 4.78 is 0. The lowest BCUT2D eigenvalue weighted by molar-refractivity contribution is 0.0933. The quantitative estimate of drug-likeness (QED) is 0.725. The van der Waals surface area contributed by atoms with Gasteiger partial charge in [0.2, 0.25) is 0 Å². The van der Waals surface area contributed by atoms with E-state index in [4.69, 9.17) is 11.6 Å². The zero-order chi connectivity index (χ0) is 16.2. The Balaban J connectivity index is 1.87. The predicted octanol–water partition coefficient (Wildman–Crippen LogP) is 4.49. The third-order valence-corrected chi connectivity index (χ3v) is 4.07. The molecule has 2 N–H and O–H groups in total. The zero-order valence-electron chi connectivity index (χ0n) is 12.8. The van der Waals surface area contributed by atoms with Gasteiger partial charge in [-0.1, -0.05) is 49.2 Å². The molecule has 0 spiro atoms. The number of benzene rings is 2. The largest absolute Gasteiger partial charge is 0.342 e. The van der Waals surface area contributed by atoms with Crippen molar-refractivity contribution >= 4 is 28.5 Å². The van der Waals surface area contributed by atoms with Crippen molar-refractivity contribution in [3.05, 3.63) is 64.9 Å². The molecule has 0 saturated heterocycles. The SMILES string of the molecule is CCCC(NC(=O)c1ccccc1Cl)c1nc2ccccc2[nH]1. The molecule has 0 bridgehead atoms. The van der Waals surface area contributed by atoms with E-state index in [1.807, 2.05) is 30.3 Å². The Labute approximate surface area is 139 Å². The topological polar surface area (TPSA) is 57.8 Å². The molecule has 0 fully saturated rings. The number of para-hydroxylation sites is 2. The number of fused-ring (bicyclic) bond motifs is 1. The van der Waals surface area contributed by atoms with Crippen LogP contribution in [0.15, 0.2) is 48.5 Å². The van der Waals surface area contributed by atoms with E-state index in [0.717, 1.165) is 29.7 Å². The van der Waals surface area contributed by atoms with Crippen LogP contribution in [0.1, 0.15) is 42.0 Å². The van der Waals surface area contributed by atoms with Gasteiger partial charge in [-0.15, -0.1) is 0 Å². The molecule has 3 rings (SSSR count). The van der Waals surface area contributed by atoms with Gasteiger partial charge in [0.05, 0.1) is 27.7 Å². The van der Waals surface area contributed by atoms with Gasteiger partial charge in [0.25, 0.3) is 5.91 Å². The number of halogens is 1. The standard InChI is InChI=1S/C18H18ClN3O/c1-2-7-16(17-20-14-10-5-6-11-15(14)21-17)22-18(23)12-8-3-4-9-13(12)19/h3-6,8-11,16H,2,7H2,1H3,(H,20,21)(H,22,23). The Morgan fingerprint density at radius 3 is 2.70 bits per heavy atom. The van der Waals surface area contributed by atoms with E-state index in [1.165, 1.54) is 0 Å². The van der Waals surface area contributed by atoms with Crippen molar-refractivity contribution in [2.24, 2.45) is 0 Å². The van der Waals surface area contributed by atoms with E-state index in [9.17, 15) is 4.79 Å². The fourth-order valence-electron chi connectivity index (χ4n) is 2.58. The number of amides is 1. The van der Waals surface area contributed by atoms with E-state index < -0.39 is 0 Å². The van der Waals surface area contributed by atoms with E-state index in [0.29, 0.717) is 10.6 Å². The van der Waals surface area contributed by atoms with E-state index in [-0.39, 0.29) is 11.9 Å². The highest BCUT2D eigenvalue weighted by atomic mass is 35.5. The number of hydrogen-bond acceptors (Lipinski definition) is 2. The Bertz CT molecular complexity index is 795. The first-order valence-corrected chi connectivity index (χ1v) is 8.07. The Hall–Kier alpha value is -2.33. The summed E-state index contributed by atoms with van der Waals surface area (Å²) in [5, 5.41) is 3.48. The molecule has 23 heavy (non-hydrogen) atoms. The normalized spacial score (nSPS) is 12.3. The number of nitrogens with zero attached hydrogens (tertiary/aromatic N) is 1. The average molecular weight is 328 g/mol. The van der Waals surface area contributed by atoms with Crippen LogP contribution in [-0.2, 0) is 0 Å². The maximum atomic E-state index is 12.5. The summed E-state index contributed by atoms with van der Waals surface area (Å²) in [6.07, 6.45) is 1.74. The zero-order valence-corrected chi connectivity index (χ0v) is 13.6. The van der Waals surface area contributed by atoms with Crippen LogP contribution in [0.5, 0.6) is 0 Å². The van der Waals surface area contributed by atoms with Crippen molar-refractivity contribution in [1.29, 1.82) is 0 Å². The van der Waals surface area contributed by atoms with E-state index >= 15 is 0 Å². The van der Waals surface area contributed by atoms with Gasteiger partial charge >= 0.3 is 0 Å². The molecule has 4 nitrogen and oxygen atoms in total. The Morgan fingerprint density at radius 1 is 1.22 bits per heavy atom. The van der Waals surface area contributed by atoms with Gasteiger partial charge in [-0.2, -0.15) is 0 Å². The molecule has 0 aliphatic carbocycles. The lowest BCUT2D eigenvalue weighted by Gasteiger charge is -2.16. The minimum absolute atomic E-state index is 0.170. The van der Waals surface area contributed by atoms with Crippen molar-refractivity contribution in [2.45, 2.75) is 25.8 Å². The number of aromatic amines is 1. The number of rotatable bonds is 5. The number of aromatic nitrogens is 2. The maximum Gasteiger partial charge on any atom is 0.253 e. The average Bonchev–Trinajstić information content (AvgIpc) is 2.98. The number of carbonyl (C=O) groups is 1. The van der Waals surface area contributed by atoms with Crippen LogP contribution < -0.4 is 5.32 Å². The highest BCUT2D eigenvalue weighted by Gasteiger charge is 2.19. The summed E-state index contributed by atoms with van der Waals surface area (Å²) in [5.41, 5.74) is 2.34.